The molecule has 5 nitrogen and oxygen atoms in total. The zero-order valence-corrected chi connectivity index (χ0v) is 12.2. The van der Waals surface area contributed by atoms with E-state index < -0.39 is 0 Å². The van der Waals surface area contributed by atoms with Crippen LogP contribution in [0.1, 0.15) is 22.5 Å². The Hall–Kier alpha value is -2.30. The van der Waals surface area contributed by atoms with E-state index in [2.05, 4.69) is 15.5 Å². The molecule has 1 aromatic heterocycles. The number of aromatic nitrogens is 2. The lowest BCUT2D eigenvalue weighted by Gasteiger charge is -2.11. The molecule has 106 valence electrons. The second-order valence-electron chi connectivity index (χ2n) is 4.84. The minimum Gasteiger partial charge on any atom is -0.483 e. The molecule has 0 aliphatic rings. The lowest BCUT2D eigenvalue weighted by molar-refractivity contribution is -0.118. The Balaban J connectivity index is 1.98. The SMILES string of the molecule is Cc1cccc(OCC(=O)Nc2c(C)n[nH]c2C)c1C. The number of H-pyrrole nitrogens is 1. The Morgan fingerprint density at radius 2 is 2.05 bits per heavy atom. The third kappa shape index (κ3) is 2.99. The van der Waals surface area contributed by atoms with E-state index in [1.54, 1.807) is 0 Å². The van der Waals surface area contributed by atoms with E-state index in [1.807, 2.05) is 45.9 Å². The number of benzene rings is 1. The Labute approximate surface area is 118 Å². The summed E-state index contributed by atoms with van der Waals surface area (Å²) in [7, 11) is 0. The van der Waals surface area contributed by atoms with Gasteiger partial charge in [-0.05, 0) is 44.9 Å². The van der Waals surface area contributed by atoms with Gasteiger partial charge in [0, 0.05) is 0 Å². The van der Waals surface area contributed by atoms with Gasteiger partial charge in [-0.25, -0.2) is 0 Å². The van der Waals surface area contributed by atoms with Gasteiger partial charge in [0.25, 0.3) is 5.91 Å². The van der Waals surface area contributed by atoms with Crippen molar-refractivity contribution in [2.75, 3.05) is 11.9 Å². The maximum absolute atomic E-state index is 11.9. The van der Waals surface area contributed by atoms with Gasteiger partial charge in [0.05, 0.1) is 17.1 Å². The summed E-state index contributed by atoms with van der Waals surface area (Å²) in [6.07, 6.45) is 0. The van der Waals surface area contributed by atoms with Gasteiger partial charge < -0.3 is 10.1 Å². The van der Waals surface area contributed by atoms with E-state index in [0.717, 1.165) is 34.0 Å². The molecule has 1 heterocycles. The Kier molecular flexibility index (Phi) is 4.08. The monoisotopic (exact) mass is 273 g/mol. The Morgan fingerprint density at radius 1 is 1.30 bits per heavy atom. The topological polar surface area (TPSA) is 67.0 Å². The van der Waals surface area contributed by atoms with Gasteiger partial charge in [-0.1, -0.05) is 12.1 Å². The van der Waals surface area contributed by atoms with Crippen LogP contribution in [0.3, 0.4) is 0 Å². The molecule has 0 spiro atoms. The van der Waals surface area contributed by atoms with Crippen LogP contribution in [0.2, 0.25) is 0 Å². The summed E-state index contributed by atoms with van der Waals surface area (Å²) in [5.41, 5.74) is 4.52. The van der Waals surface area contributed by atoms with Crippen molar-refractivity contribution in [1.82, 2.24) is 10.2 Å². The number of nitrogens with one attached hydrogen (secondary N) is 2. The van der Waals surface area contributed by atoms with Crippen molar-refractivity contribution in [2.45, 2.75) is 27.7 Å². The molecular weight excluding hydrogens is 254 g/mol. The van der Waals surface area contributed by atoms with Crippen LogP contribution in [-0.2, 0) is 4.79 Å². The van der Waals surface area contributed by atoms with Crippen molar-refractivity contribution >= 4 is 11.6 Å². The molecule has 2 aromatic rings. The molecule has 0 aliphatic heterocycles. The molecule has 0 saturated carbocycles. The van der Waals surface area contributed by atoms with Crippen LogP contribution >= 0.6 is 0 Å². The maximum atomic E-state index is 11.9. The standard InChI is InChI=1S/C15H19N3O2/c1-9-6-5-7-13(10(9)2)20-8-14(19)16-15-11(3)17-18-12(15)4/h5-7H,8H2,1-4H3,(H,16,19)(H,17,18). The molecule has 2 rings (SSSR count). The number of rotatable bonds is 4. The van der Waals surface area contributed by atoms with Crippen LogP contribution in [0.15, 0.2) is 18.2 Å². The predicted molar refractivity (Wildman–Crippen MR) is 78.1 cm³/mol. The fraction of sp³-hybridized carbons (Fsp3) is 0.333. The van der Waals surface area contributed by atoms with Gasteiger partial charge in [0.2, 0.25) is 0 Å². The van der Waals surface area contributed by atoms with Crippen LogP contribution in [0.5, 0.6) is 5.75 Å². The molecule has 0 bridgehead atoms. The number of hydrogen-bond acceptors (Lipinski definition) is 3. The van der Waals surface area contributed by atoms with E-state index >= 15 is 0 Å². The summed E-state index contributed by atoms with van der Waals surface area (Å²) in [4.78, 5) is 11.9. The molecular formula is C15H19N3O2. The number of carbonyl (C=O) groups excluding carboxylic acids is 1. The normalized spacial score (nSPS) is 10.4. The van der Waals surface area contributed by atoms with Crippen molar-refractivity contribution in [1.29, 1.82) is 0 Å². The molecule has 5 heteroatoms. The van der Waals surface area contributed by atoms with E-state index in [9.17, 15) is 4.79 Å². The number of anilines is 1. The fourth-order valence-electron chi connectivity index (χ4n) is 1.93. The van der Waals surface area contributed by atoms with E-state index in [1.165, 1.54) is 0 Å². The number of carbonyl (C=O) groups is 1. The van der Waals surface area contributed by atoms with Gasteiger partial charge in [0.1, 0.15) is 5.75 Å². The highest BCUT2D eigenvalue weighted by Crippen LogP contribution is 2.21. The average Bonchev–Trinajstić information content (AvgIpc) is 2.72. The molecule has 20 heavy (non-hydrogen) atoms. The summed E-state index contributed by atoms with van der Waals surface area (Å²) < 4.78 is 5.57. The average molecular weight is 273 g/mol. The largest absolute Gasteiger partial charge is 0.483 e. The molecule has 0 aliphatic carbocycles. The smallest absolute Gasteiger partial charge is 0.262 e. The van der Waals surface area contributed by atoms with E-state index in [4.69, 9.17) is 4.74 Å². The molecule has 0 atom stereocenters. The molecule has 2 N–H and O–H groups in total. The first-order valence-electron chi connectivity index (χ1n) is 6.49. The number of nitrogens with zero attached hydrogens (tertiary/aromatic N) is 1. The second kappa shape index (κ2) is 5.77. The highest BCUT2D eigenvalue weighted by molar-refractivity contribution is 5.92. The van der Waals surface area contributed by atoms with E-state index in [-0.39, 0.29) is 12.5 Å². The van der Waals surface area contributed by atoms with Crippen LogP contribution in [-0.4, -0.2) is 22.7 Å². The summed E-state index contributed by atoms with van der Waals surface area (Å²) in [6, 6.07) is 5.80. The summed E-state index contributed by atoms with van der Waals surface area (Å²) >= 11 is 0. The minimum atomic E-state index is -0.196. The Bertz CT molecular complexity index is 613. The minimum absolute atomic E-state index is 0.0195. The van der Waals surface area contributed by atoms with E-state index in [0.29, 0.717) is 0 Å². The summed E-state index contributed by atoms with van der Waals surface area (Å²) in [5, 5.41) is 9.66. The van der Waals surface area contributed by atoms with Crippen molar-refractivity contribution in [3.63, 3.8) is 0 Å². The first kappa shape index (κ1) is 14.1. The zero-order valence-electron chi connectivity index (χ0n) is 12.2. The van der Waals surface area contributed by atoms with Crippen molar-refractivity contribution < 1.29 is 9.53 Å². The number of ether oxygens (including phenoxy) is 1. The van der Waals surface area contributed by atoms with Crippen LogP contribution in [0.4, 0.5) is 5.69 Å². The predicted octanol–water partition coefficient (Wildman–Crippen LogP) is 2.66. The quantitative estimate of drug-likeness (QED) is 0.900. The lowest BCUT2D eigenvalue weighted by atomic mass is 10.1. The van der Waals surface area contributed by atoms with Crippen molar-refractivity contribution in [3.8, 4) is 5.75 Å². The van der Waals surface area contributed by atoms with Crippen LogP contribution < -0.4 is 10.1 Å². The third-order valence-corrected chi connectivity index (χ3v) is 3.31. The molecule has 0 unspecified atom stereocenters. The number of aromatic amines is 1. The highest BCUT2D eigenvalue weighted by atomic mass is 16.5. The lowest BCUT2D eigenvalue weighted by Crippen LogP contribution is -2.21. The number of amides is 1. The first-order valence-corrected chi connectivity index (χ1v) is 6.49. The van der Waals surface area contributed by atoms with Crippen LogP contribution in [0, 0.1) is 27.7 Å². The van der Waals surface area contributed by atoms with Gasteiger partial charge in [-0.15, -0.1) is 0 Å². The highest BCUT2D eigenvalue weighted by Gasteiger charge is 2.11. The first-order chi connectivity index (χ1) is 9.49. The van der Waals surface area contributed by atoms with Gasteiger partial charge in [-0.3, -0.25) is 9.89 Å². The summed E-state index contributed by atoms with van der Waals surface area (Å²) in [6.45, 7) is 7.67. The van der Waals surface area contributed by atoms with Gasteiger partial charge in [-0.2, -0.15) is 5.10 Å². The third-order valence-electron chi connectivity index (χ3n) is 3.31. The van der Waals surface area contributed by atoms with Crippen LogP contribution in [0.25, 0.3) is 0 Å². The molecule has 1 amide bonds. The molecule has 0 fully saturated rings. The van der Waals surface area contributed by atoms with Crippen molar-refractivity contribution in [2.24, 2.45) is 0 Å². The van der Waals surface area contributed by atoms with Crippen molar-refractivity contribution in [3.05, 3.63) is 40.7 Å². The number of aryl methyl sites for hydroxylation is 3. The fourth-order valence-corrected chi connectivity index (χ4v) is 1.93. The maximum Gasteiger partial charge on any atom is 0.262 e. The Morgan fingerprint density at radius 3 is 2.70 bits per heavy atom. The second-order valence-corrected chi connectivity index (χ2v) is 4.84. The van der Waals surface area contributed by atoms with Gasteiger partial charge in [0.15, 0.2) is 6.61 Å². The molecule has 0 saturated heterocycles. The number of hydrogen-bond donors (Lipinski definition) is 2. The molecule has 0 radical (unpaired) electrons. The zero-order chi connectivity index (χ0) is 14.7. The van der Waals surface area contributed by atoms with Gasteiger partial charge >= 0.3 is 0 Å². The molecule has 1 aromatic carbocycles. The summed E-state index contributed by atoms with van der Waals surface area (Å²) in [5.74, 6) is 0.541.